The van der Waals surface area contributed by atoms with Crippen LogP contribution in [0.4, 0.5) is 0 Å². The summed E-state index contributed by atoms with van der Waals surface area (Å²) in [6, 6.07) is 1.67. The minimum Gasteiger partial charge on any atom is -0.373 e. The SMILES string of the molecule is C#Cc1cncc(C(=O)NCC(C)(C)N2C[C@H](C)O[C@@H](C)C2)c1. The average Bonchev–Trinajstić information content (AvgIpc) is 2.52. The first-order chi connectivity index (χ1) is 10.8. The molecule has 0 radical (unpaired) electrons. The fourth-order valence-electron chi connectivity index (χ4n) is 2.83. The highest BCUT2D eigenvalue weighted by molar-refractivity contribution is 5.94. The van der Waals surface area contributed by atoms with Gasteiger partial charge in [0.1, 0.15) is 0 Å². The third kappa shape index (κ3) is 4.54. The largest absolute Gasteiger partial charge is 0.373 e. The number of carbonyl (C=O) groups is 1. The first-order valence-electron chi connectivity index (χ1n) is 7.92. The van der Waals surface area contributed by atoms with Gasteiger partial charge in [-0.05, 0) is 33.8 Å². The Bertz CT molecular complexity index is 597. The molecule has 1 saturated heterocycles. The molecule has 1 amide bonds. The number of nitrogens with one attached hydrogen (secondary N) is 1. The van der Waals surface area contributed by atoms with Crippen LogP contribution in [0.3, 0.4) is 0 Å². The standard InChI is InChI=1S/C18H25N3O2/c1-6-15-7-16(9-19-8-15)17(22)20-12-18(4,5)21-10-13(2)23-14(3)11-21/h1,7-9,13-14H,10-12H2,2-5H3,(H,20,22)/t13-,14-/m0/s1. The first kappa shape index (κ1) is 17.5. The molecule has 0 aliphatic carbocycles. The van der Waals surface area contributed by atoms with Crippen LogP contribution >= 0.6 is 0 Å². The summed E-state index contributed by atoms with van der Waals surface area (Å²) in [5.74, 6) is 2.34. The van der Waals surface area contributed by atoms with Crippen LogP contribution in [0.25, 0.3) is 0 Å². The molecule has 124 valence electrons. The summed E-state index contributed by atoms with van der Waals surface area (Å²) in [7, 11) is 0. The van der Waals surface area contributed by atoms with E-state index < -0.39 is 0 Å². The number of aromatic nitrogens is 1. The number of hydrogen-bond donors (Lipinski definition) is 1. The van der Waals surface area contributed by atoms with Gasteiger partial charge in [-0.2, -0.15) is 0 Å². The third-order valence-corrected chi connectivity index (χ3v) is 4.12. The van der Waals surface area contributed by atoms with Gasteiger partial charge in [0.25, 0.3) is 5.91 Å². The topological polar surface area (TPSA) is 54.5 Å². The Kier molecular flexibility index (Phi) is 5.40. The molecular weight excluding hydrogens is 290 g/mol. The highest BCUT2D eigenvalue weighted by Crippen LogP contribution is 2.20. The van der Waals surface area contributed by atoms with Gasteiger partial charge in [0, 0.05) is 43.1 Å². The molecule has 0 aromatic carbocycles. The summed E-state index contributed by atoms with van der Waals surface area (Å²) >= 11 is 0. The molecule has 2 rings (SSSR count). The van der Waals surface area contributed by atoms with Gasteiger partial charge in [-0.3, -0.25) is 14.7 Å². The number of carbonyl (C=O) groups excluding carboxylic acids is 1. The second kappa shape index (κ2) is 7.12. The zero-order valence-electron chi connectivity index (χ0n) is 14.3. The molecule has 5 nitrogen and oxygen atoms in total. The van der Waals surface area contributed by atoms with Crippen molar-refractivity contribution in [2.24, 2.45) is 0 Å². The number of nitrogens with zero attached hydrogens (tertiary/aromatic N) is 2. The maximum absolute atomic E-state index is 12.3. The Morgan fingerprint density at radius 2 is 2.09 bits per heavy atom. The number of pyridine rings is 1. The molecule has 1 aromatic heterocycles. The van der Waals surface area contributed by atoms with Crippen LogP contribution < -0.4 is 5.32 Å². The Hall–Kier alpha value is -1.90. The summed E-state index contributed by atoms with van der Waals surface area (Å²) in [6.45, 7) is 10.7. The number of rotatable bonds is 4. The van der Waals surface area contributed by atoms with Crippen molar-refractivity contribution in [2.45, 2.75) is 45.4 Å². The smallest absolute Gasteiger partial charge is 0.252 e. The van der Waals surface area contributed by atoms with E-state index >= 15 is 0 Å². The molecule has 1 N–H and O–H groups in total. The van der Waals surface area contributed by atoms with Gasteiger partial charge in [-0.1, -0.05) is 5.92 Å². The van der Waals surface area contributed by atoms with E-state index in [0.29, 0.717) is 17.7 Å². The van der Waals surface area contributed by atoms with Crippen molar-refractivity contribution in [1.29, 1.82) is 0 Å². The Morgan fingerprint density at radius 1 is 1.43 bits per heavy atom. The molecule has 1 fully saturated rings. The van der Waals surface area contributed by atoms with Crippen molar-refractivity contribution >= 4 is 5.91 Å². The fourth-order valence-corrected chi connectivity index (χ4v) is 2.83. The quantitative estimate of drug-likeness (QED) is 0.859. The normalized spacial score (nSPS) is 22.4. The van der Waals surface area contributed by atoms with E-state index in [1.807, 2.05) is 0 Å². The highest BCUT2D eigenvalue weighted by Gasteiger charge is 2.33. The number of amides is 1. The lowest BCUT2D eigenvalue weighted by Crippen LogP contribution is -2.58. The van der Waals surface area contributed by atoms with Crippen LogP contribution in [0.2, 0.25) is 0 Å². The number of morpholine rings is 1. The fraction of sp³-hybridized carbons (Fsp3) is 0.556. The average molecular weight is 315 g/mol. The van der Waals surface area contributed by atoms with E-state index in [0.717, 1.165) is 13.1 Å². The summed E-state index contributed by atoms with van der Waals surface area (Å²) in [5, 5.41) is 2.99. The van der Waals surface area contributed by atoms with Crippen molar-refractivity contribution in [3.8, 4) is 12.3 Å². The molecule has 0 saturated carbocycles. The monoisotopic (exact) mass is 315 g/mol. The van der Waals surface area contributed by atoms with Crippen molar-refractivity contribution in [3.05, 3.63) is 29.6 Å². The highest BCUT2D eigenvalue weighted by atomic mass is 16.5. The van der Waals surface area contributed by atoms with Gasteiger partial charge in [-0.15, -0.1) is 6.42 Å². The number of ether oxygens (including phenoxy) is 1. The van der Waals surface area contributed by atoms with Crippen molar-refractivity contribution in [2.75, 3.05) is 19.6 Å². The van der Waals surface area contributed by atoms with E-state index in [4.69, 9.17) is 11.2 Å². The summed E-state index contributed by atoms with van der Waals surface area (Å²) in [4.78, 5) is 18.7. The predicted octanol–water partition coefficient (Wildman–Crippen LogP) is 1.68. The first-order valence-corrected chi connectivity index (χ1v) is 7.92. The van der Waals surface area contributed by atoms with Gasteiger partial charge < -0.3 is 10.1 Å². The summed E-state index contributed by atoms with van der Waals surface area (Å²) in [5.41, 5.74) is 0.937. The maximum Gasteiger partial charge on any atom is 0.252 e. The molecule has 1 aliphatic heterocycles. The van der Waals surface area contributed by atoms with Crippen LogP contribution in [0.15, 0.2) is 18.5 Å². The van der Waals surface area contributed by atoms with Gasteiger partial charge in [0.2, 0.25) is 0 Å². The van der Waals surface area contributed by atoms with Crippen LogP contribution in [0.1, 0.15) is 43.6 Å². The molecule has 1 aliphatic rings. The van der Waals surface area contributed by atoms with E-state index in [1.54, 1.807) is 12.3 Å². The summed E-state index contributed by atoms with van der Waals surface area (Å²) < 4.78 is 5.78. The minimum absolute atomic E-state index is 0.154. The lowest BCUT2D eigenvalue weighted by atomic mass is 10.00. The van der Waals surface area contributed by atoms with Crippen molar-refractivity contribution in [1.82, 2.24) is 15.2 Å². The molecule has 1 aromatic rings. The van der Waals surface area contributed by atoms with E-state index in [9.17, 15) is 4.79 Å². The molecular formula is C18H25N3O2. The van der Waals surface area contributed by atoms with Gasteiger partial charge in [-0.25, -0.2) is 0 Å². The van der Waals surface area contributed by atoms with Gasteiger partial charge >= 0.3 is 0 Å². The molecule has 2 heterocycles. The van der Waals surface area contributed by atoms with Crippen LogP contribution in [0.5, 0.6) is 0 Å². The number of terminal acetylenes is 1. The second-order valence-corrected chi connectivity index (χ2v) is 6.76. The molecule has 5 heteroatoms. The molecule has 2 atom stereocenters. The van der Waals surface area contributed by atoms with E-state index in [2.05, 4.69) is 48.8 Å². The zero-order chi connectivity index (χ0) is 17.0. The van der Waals surface area contributed by atoms with Crippen LogP contribution in [-0.2, 0) is 4.74 Å². The molecule has 0 bridgehead atoms. The predicted molar refractivity (Wildman–Crippen MR) is 90.2 cm³/mol. The molecule has 0 spiro atoms. The van der Waals surface area contributed by atoms with E-state index in [1.165, 1.54) is 6.20 Å². The Balaban J connectivity index is 1.98. The number of hydrogen-bond acceptors (Lipinski definition) is 4. The van der Waals surface area contributed by atoms with Crippen LogP contribution in [-0.4, -0.2) is 53.2 Å². The molecule has 23 heavy (non-hydrogen) atoms. The minimum atomic E-state index is -0.156. The Labute approximate surface area is 138 Å². The second-order valence-electron chi connectivity index (χ2n) is 6.76. The maximum atomic E-state index is 12.3. The summed E-state index contributed by atoms with van der Waals surface area (Å²) in [6.07, 6.45) is 8.84. The van der Waals surface area contributed by atoms with Crippen LogP contribution in [0, 0.1) is 12.3 Å². The lowest BCUT2D eigenvalue weighted by Gasteiger charge is -2.45. The molecule has 0 unspecified atom stereocenters. The zero-order valence-corrected chi connectivity index (χ0v) is 14.3. The van der Waals surface area contributed by atoms with Gasteiger partial charge in [0.15, 0.2) is 0 Å². The lowest BCUT2D eigenvalue weighted by molar-refractivity contribution is -0.0948. The van der Waals surface area contributed by atoms with Crippen molar-refractivity contribution < 1.29 is 9.53 Å². The third-order valence-electron chi connectivity index (χ3n) is 4.12. The van der Waals surface area contributed by atoms with Crippen molar-refractivity contribution in [3.63, 3.8) is 0 Å². The Morgan fingerprint density at radius 3 is 2.70 bits per heavy atom. The van der Waals surface area contributed by atoms with Gasteiger partial charge in [0.05, 0.1) is 17.8 Å². The van der Waals surface area contributed by atoms with E-state index in [-0.39, 0.29) is 23.7 Å².